The van der Waals surface area contributed by atoms with Crippen molar-refractivity contribution in [1.29, 1.82) is 0 Å². The Morgan fingerprint density at radius 2 is 1.79 bits per heavy atom. The first-order valence-electron chi connectivity index (χ1n) is 8.80. The van der Waals surface area contributed by atoms with Crippen LogP contribution in [0.25, 0.3) is 0 Å². The number of nitrogens with zero attached hydrogens (tertiary/aromatic N) is 1. The normalized spacial score (nSPS) is 11.5. The minimum atomic E-state index is -3.77. The fourth-order valence-corrected chi connectivity index (χ4v) is 4.27. The van der Waals surface area contributed by atoms with E-state index in [1.165, 1.54) is 29.6 Å². The number of carbonyl (C=O) groups excluding carboxylic acids is 1. The van der Waals surface area contributed by atoms with Gasteiger partial charge in [-0.2, -0.15) is 4.31 Å². The lowest BCUT2D eigenvalue weighted by molar-refractivity contribution is -0.114. The molecule has 1 aromatic heterocycles. The molecule has 1 amide bonds. The molecule has 0 aliphatic heterocycles. The summed E-state index contributed by atoms with van der Waals surface area (Å²) >= 11 is 0. The molecule has 1 N–H and O–H groups in total. The van der Waals surface area contributed by atoms with Gasteiger partial charge in [-0.15, -0.1) is 0 Å². The van der Waals surface area contributed by atoms with Gasteiger partial charge in [-0.1, -0.05) is 29.8 Å². The van der Waals surface area contributed by atoms with Crippen molar-refractivity contribution in [3.63, 3.8) is 0 Å². The number of sulfonamides is 1. The summed E-state index contributed by atoms with van der Waals surface area (Å²) in [6, 6.07) is 17.4. The lowest BCUT2D eigenvalue weighted by Crippen LogP contribution is -2.30. The van der Waals surface area contributed by atoms with Crippen LogP contribution in [0, 0.1) is 6.92 Å². The molecule has 2 aromatic carbocycles. The van der Waals surface area contributed by atoms with Crippen LogP contribution in [0.4, 0.5) is 5.69 Å². The second kappa shape index (κ2) is 8.41. The highest BCUT2D eigenvalue weighted by Crippen LogP contribution is 2.23. The van der Waals surface area contributed by atoms with Crippen molar-refractivity contribution < 1.29 is 17.6 Å². The van der Waals surface area contributed by atoms with E-state index in [1.807, 2.05) is 31.2 Å². The number of rotatable bonds is 7. The molecule has 0 spiro atoms. The van der Waals surface area contributed by atoms with E-state index in [2.05, 4.69) is 5.32 Å². The zero-order valence-corrected chi connectivity index (χ0v) is 16.6. The zero-order chi connectivity index (χ0) is 20.1. The molecule has 0 radical (unpaired) electrons. The highest BCUT2D eigenvalue weighted by atomic mass is 32.2. The van der Waals surface area contributed by atoms with Crippen LogP contribution < -0.4 is 5.32 Å². The molecule has 1 heterocycles. The van der Waals surface area contributed by atoms with Crippen molar-refractivity contribution in [3.8, 4) is 0 Å². The molecule has 0 unspecified atom stereocenters. The molecule has 0 atom stereocenters. The van der Waals surface area contributed by atoms with E-state index >= 15 is 0 Å². The maximum absolute atomic E-state index is 13.3. The molecule has 0 aliphatic carbocycles. The second-order valence-electron chi connectivity index (χ2n) is 6.55. The number of carbonyl (C=O) groups is 1. The number of hydrogen-bond donors (Lipinski definition) is 1. The van der Waals surface area contributed by atoms with Gasteiger partial charge in [0.25, 0.3) is 0 Å². The Morgan fingerprint density at radius 1 is 1.04 bits per heavy atom. The molecule has 0 saturated carbocycles. The quantitative estimate of drug-likeness (QED) is 0.654. The minimum Gasteiger partial charge on any atom is -0.468 e. The van der Waals surface area contributed by atoms with Crippen molar-refractivity contribution >= 4 is 21.6 Å². The van der Waals surface area contributed by atoms with Crippen LogP contribution in [-0.2, 0) is 27.9 Å². The van der Waals surface area contributed by atoms with Crippen LogP contribution in [0.1, 0.15) is 23.8 Å². The van der Waals surface area contributed by atoms with E-state index in [0.29, 0.717) is 11.4 Å². The molecule has 3 aromatic rings. The van der Waals surface area contributed by atoms with Gasteiger partial charge in [0, 0.05) is 19.2 Å². The SMILES string of the molecule is CC(=O)Nc1ccc(S(=O)(=O)N(Cc2cccc(C)c2)Cc2ccco2)cc1. The number of furan rings is 1. The first-order valence-corrected chi connectivity index (χ1v) is 10.2. The van der Waals surface area contributed by atoms with Crippen molar-refractivity contribution in [1.82, 2.24) is 4.31 Å². The molecule has 0 bridgehead atoms. The van der Waals surface area contributed by atoms with E-state index in [-0.39, 0.29) is 23.9 Å². The first-order chi connectivity index (χ1) is 13.3. The smallest absolute Gasteiger partial charge is 0.243 e. The van der Waals surface area contributed by atoms with Crippen molar-refractivity contribution in [2.75, 3.05) is 5.32 Å². The van der Waals surface area contributed by atoms with Gasteiger partial charge in [-0.05, 0) is 48.9 Å². The Kier molecular flexibility index (Phi) is 5.96. The van der Waals surface area contributed by atoms with E-state index in [1.54, 1.807) is 24.3 Å². The van der Waals surface area contributed by atoms with E-state index in [4.69, 9.17) is 4.42 Å². The van der Waals surface area contributed by atoms with Gasteiger partial charge >= 0.3 is 0 Å². The second-order valence-corrected chi connectivity index (χ2v) is 8.49. The number of anilines is 1. The summed E-state index contributed by atoms with van der Waals surface area (Å²) in [6.07, 6.45) is 1.52. The zero-order valence-electron chi connectivity index (χ0n) is 15.8. The largest absolute Gasteiger partial charge is 0.468 e. The van der Waals surface area contributed by atoms with Gasteiger partial charge in [0.15, 0.2) is 0 Å². The van der Waals surface area contributed by atoms with Crippen molar-refractivity contribution in [3.05, 3.63) is 83.8 Å². The van der Waals surface area contributed by atoms with Crippen LogP contribution >= 0.6 is 0 Å². The Bertz CT molecular complexity index is 1040. The predicted octanol–water partition coefficient (Wildman–Crippen LogP) is 3.94. The Hall–Kier alpha value is -2.90. The fraction of sp³-hybridized carbons (Fsp3) is 0.190. The van der Waals surface area contributed by atoms with Crippen LogP contribution in [0.15, 0.2) is 76.2 Å². The molecule has 28 heavy (non-hydrogen) atoms. The minimum absolute atomic E-state index is 0.122. The third-order valence-corrected chi connectivity index (χ3v) is 5.97. The summed E-state index contributed by atoms with van der Waals surface area (Å²) in [5.41, 5.74) is 2.50. The highest BCUT2D eigenvalue weighted by molar-refractivity contribution is 7.89. The monoisotopic (exact) mass is 398 g/mol. The van der Waals surface area contributed by atoms with Gasteiger partial charge in [0.05, 0.1) is 17.7 Å². The molecule has 6 nitrogen and oxygen atoms in total. The summed E-state index contributed by atoms with van der Waals surface area (Å²) in [7, 11) is -3.77. The van der Waals surface area contributed by atoms with Gasteiger partial charge < -0.3 is 9.73 Å². The topological polar surface area (TPSA) is 79.6 Å². The maximum Gasteiger partial charge on any atom is 0.243 e. The van der Waals surface area contributed by atoms with Crippen molar-refractivity contribution in [2.45, 2.75) is 31.8 Å². The summed E-state index contributed by atoms with van der Waals surface area (Å²) in [5.74, 6) is 0.348. The number of aryl methyl sites for hydroxylation is 1. The van der Waals surface area contributed by atoms with Gasteiger partial charge in [-0.3, -0.25) is 4.79 Å². The van der Waals surface area contributed by atoms with Crippen LogP contribution in [-0.4, -0.2) is 18.6 Å². The van der Waals surface area contributed by atoms with Crippen LogP contribution in [0.3, 0.4) is 0 Å². The third kappa shape index (κ3) is 4.88. The van der Waals surface area contributed by atoms with E-state index in [0.717, 1.165) is 11.1 Å². The fourth-order valence-electron chi connectivity index (χ4n) is 2.88. The molecular formula is C21H22N2O4S. The standard InChI is InChI=1S/C21H22N2O4S/c1-16-5-3-6-18(13-16)14-23(15-20-7-4-12-27-20)28(25,26)21-10-8-19(9-11-21)22-17(2)24/h3-13H,14-15H2,1-2H3,(H,22,24). The average molecular weight is 398 g/mol. The average Bonchev–Trinajstić information content (AvgIpc) is 3.14. The van der Waals surface area contributed by atoms with Gasteiger partial charge in [0.1, 0.15) is 5.76 Å². The third-order valence-electron chi connectivity index (χ3n) is 4.17. The highest BCUT2D eigenvalue weighted by Gasteiger charge is 2.26. The summed E-state index contributed by atoms with van der Waals surface area (Å²) in [4.78, 5) is 11.3. The molecule has 0 aliphatic rings. The first kappa shape index (κ1) is 19.9. The number of nitrogens with one attached hydrogen (secondary N) is 1. The number of amides is 1. The van der Waals surface area contributed by atoms with E-state index in [9.17, 15) is 13.2 Å². The Labute approximate surface area is 164 Å². The molecule has 0 saturated heterocycles. The Balaban J connectivity index is 1.91. The molecule has 0 fully saturated rings. The van der Waals surface area contributed by atoms with Gasteiger partial charge in [-0.25, -0.2) is 8.42 Å². The predicted molar refractivity (Wildman–Crippen MR) is 107 cm³/mol. The Morgan fingerprint density at radius 3 is 2.39 bits per heavy atom. The summed E-state index contributed by atoms with van der Waals surface area (Å²) < 4.78 is 33.3. The number of benzene rings is 2. The van der Waals surface area contributed by atoms with Crippen LogP contribution in [0.5, 0.6) is 0 Å². The lowest BCUT2D eigenvalue weighted by Gasteiger charge is -2.22. The summed E-state index contributed by atoms with van der Waals surface area (Å²) in [6.45, 7) is 3.71. The molecule has 146 valence electrons. The maximum atomic E-state index is 13.3. The molecular weight excluding hydrogens is 376 g/mol. The van der Waals surface area contributed by atoms with Gasteiger partial charge in [0.2, 0.25) is 15.9 Å². The van der Waals surface area contributed by atoms with Crippen molar-refractivity contribution in [2.24, 2.45) is 0 Å². The van der Waals surface area contributed by atoms with Crippen LogP contribution in [0.2, 0.25) is 0 Å². The summed E-state index contributed by atoms with van der Waals surface area (Å²) in [5, 5.41) is 2.63. The molecule has 3 rings (SSSR count). The molecule has 7 heteroatoms. The lowest BCUT2D eigenvalue weighted by atomic mass is 10.1. The number of hydrogen-bond acceptors (Lipinski definition) is 4. The van der Waals surface area contributed by atoms with E-state index < -0.39 is 10.0 Å².